The van der Waals surface area contributed by atoms with Crippen molar-refractivity contribution in [3.63, 3.8) is 0 Å². The highest BCUT2D eigenvalue weighted by molar-refractivity contribution is 9.10. The molecule has 1 aromatic carbocycles. The topological polar surface area (TPSA) is 73.8 Å². The predicted octanol–water partition coefficient (Wildman–Crippen LogP) is 4.58. The summed E-state index contributed by atoms with van der Waals surface area (Å²) in [6.07, 6.45) is 0. The van der Waals surface area contributed by atoms with Gasteiger partial charge in [0.2, 0.25) is 11.7 Å². The SMILES string of the molecule is CCn1c(SCc2nc(-c3ccsc3)no2)nc2ccc(Br)cc2c1=O. The number of rotatable bonds is 5. The molecule has 3 aromatic heterocycles. The normalized spacial score (nSPS) is 11.3. The van der Waals surface area contributed by atoms with Gasteiger partial charge < -0.3 is 4.52 Å². The van der Waals surface area contributed by atoms with E-state index in [0.717, 1.165) is 10.0 Å². The molecule has 4 rings (SSSR count). The summed E-state index contributed by atoms with van der Waals surface area (Å²) in [7, 11) is 0. The van der Waals surface area contributed by atoms with Crippen LogP contribution in [0.1, 0.15) is 12.8 Å². The molecule has 132 valence electrons. The van der Waals surface area contributed by atoms with Gasteiger partial charge >= 0.3 is 0 Å². The van der Waals surface area contributed by atoms with Crippen molar-refractivity contribution >= 4 is 49.9 Å². The van der Waals surface area contributed by atoms with Gasteiger partial charge in [0.1, 0.15) is 0 Å². The van der Waals surface area contributed by atoms with Gasteiger partial charge in [-0.1, -0.05) is 32.8 Å². The summed E-state index contributed by atoms with van der Waals surface area (Å²) < 4.78 is 7.84. The van der Waals surface area contributed by atoms with Gasteiger partial charge in [0.15, 0.2) is 5.16 Å². The second kappa shape index (κ2) is 7.34. The first-order valence-electron chi connectivity index (χ1n) is 7.83. The number of hydrogen-bond acceptors (Lipinski definition) is 7. The average molecular weight is 449 g/mol. The number of benzene rings is 1. The molecular weight excluding hydrogens is 436 g/mol. The van der Waals surface area contributed by atoms with Gasteiger partial charge in [-0.15, -0.1) is 0 Å². The number of thioether (sulfide) groups is 1. The van der Waals surface area contributed by atoms with Gasteiger partial charge in [-0.2, -0.15) is 16.3 Å². The van der Waals surface area contributed by atoms with Crippen LogP contribution in [0.3, 0.4) is 0 Å². The Kier molecular flexibility index (Phi) is 4.92. The Morgan fingerprint density at radius 3 is 2.96 bits per heavy atom. The highest BCUT2D eigenvalue weighted by Crippen LogP contribution is 2.25. The van der Waals surface area contributed by atoms with Gasteiger partial charge in [-0.05, 0) is 36.6 Å². The molecule has 0 unspecified atom stereocenters. The molecule has 0 saturated carbocycles. The number of fused-ring (bicyclic) bond motifs is 1. The Hall–Kier alpha value is -1.97. The number of aromatic nitrogens is 4. The molecule has 0 fully saturated rings. The summed E-state index contributed by atoms with van der Waals surface area (Å²) in [4.78, 5) is 21.8. The zero-order chi connectivity index (χ0) is 18.1. The summed E-state index contributed by atoms with van der Waals surface area (Å²) in [6, 6.07) is 7.47. The van der Waals surface area contributed by atoms with Crippen LogP contribution in [0.25, 0.3) is 22.3 Å². The molecule has 6 nitrogen and oxygen atoms in total. The fraction of sp³-hybridized carbons (Fsp3) is 0.176. The van der Waals surface area contributed by atoms with Crippen LogP contribution in [0.5, 0.6) is 0 Å². The van der Waals surface area contributed by atoms with Crippen molar-refractivity contribution in [1.82, 2.24) is 19.7 Å². The summed E-state index contributed by atoms with van der Waals surface area (Å²) in [5.74, 6) is 1.53. The van der Waals surface area contributed by atoms with Crippen molar-refractivity contribution in [1.29, 1.82) is 0 Å². The molecule has 3 heterocycles. The minimum Gasteiger partial charge on any atom is -0.338 e. The molecule has 4 aromatic rings. The summed E-state index contributed by atoms with van der Waals surface area (Å²) >= 11 is 6.40. The Morgan fingerprint density at radius 1 is 1.31 bits per heavy atom. The van der Waals surface area contributed by atoms with Crippen molar-refractivity contribution in [3.8, 4) is 11.4 Å². The van der Waals surface area contributed by atoms with Crippen LogP contribution in [-0.2, 0) is 12.3 Å². The Balaban J connectivity index is 1.63. The summed E-state index contributed by atoms with van der Waals surface area (Å²) in [6.45, 7) is 2.47. The largest absolute Gasteiger partial charge is 0.338 e. The van der Waals surface area contributed by atoms with Crippen LogP contribution in [-0.4, -0.2) is 19.7 Å². The summed E-state index contributed by atoms with van der Waals surface area (Å²) in [5, 5.41) is 9.19. The first-order chi connectivity index (χ1) is 12.7. The lowest BCUT2D eigenvalue weighted by Crippen LogP contribution is -2.22. The maximum atomic E-state index is 12.7. The molecule has 0 aliphatic rings. The van der Waals surface area contributed by atoms with Gasteiger partial charge in [0, 0.05) is 22.0 Å². The van der Waals surface area contributed by atoms with Crippen LogP contribution in [0, 0.1) is 0 Å². The molecule has 0 amide bonds. The second-order valence-electron chi connectivity index (χ2n) is 5.42. The number of halogens is 1. The van der Waals surface area contributed by atoms with Crippen molar-refractivity contribution in [3.05, 3.63) is 55.7 Å². The standard InChI is InChI=1S/C17H13BrN4O2S2/c1-2-22-16(23)12-7-11(18)3-4-13(12)19-17(22)26-9-14-20-15(21-24-14)10-5-6-25-8-10/h3-8H,2,9H2,1H3. The van der Waals surface area contributed by atoms with Crippen LogP contribution >= 0.6 is 39.0 Å². The van der Waals surface area contributed by atoms with E-state index in [9.17, 15) is 4.79 Å². The molecule has 0 atom stereocenters. The van der Waals surface area contributed by atoms with Crippen molar-refractivity contribution < 1.29 is 4.52 Å². The molecule has 0 saturated heterocycles. The van der Waals surface area contributed by atoms with E-state index in [4.69, 9.17) is 4.52 Å². The van der Waals surface area contributed by atoms with Gasteiger partial charge in [0.05, 0.1) is 16.7 Å². The van der Waals surface area contributed by atoms with Crippen LogP contribution < -0.4 is 5.56 Å². The van der Waals surface area contributed by atoms with E-state index < -0.39 is 0 Å². The molecule has 0 spiro atoms. The fourth-order valence-electron chi connectivity index (χ4n) is 2.51. The molecule has 0 bridgehead atoms. The molecular formula is C17H13BrN4O2S2. The van der Waals surface area contributed by atoms with E-state index in [-0.39, 0.29) is 5.56 Å². The third-order valence-electron chi connectivity index (χ3n) is 3.77. The number of hydrogen-bond donors (Lipinski definition) is 0. The van der Waals surface area contributed by atoms with E-state index in [0.29, 0.717) is 40.1 Å². The smallest absolute Gasteiger partial charge is 0.262 e. The zero-order valence-electron chi connectivity index (χ0n) is 13.7. The van der Waals surface area contributed by atoms with E-state index >= 15 is 0 Å². The van der Waals surface area contributed by atoms with Gasteiger partial charge in [-0.25, -0.2) is 4.98 Å². The number of nitrogens with zero attached hydrogens (tertiary/aromatic N) is 4. The van der Waals surface area contributed by atoms with E-state index in [1.165, 1.54) is 11.8 Å². The number of thiophene rings is 1. The van der Waals surface area contributed by atoms with Gasteiger partial charge in [0.25, 0.3) is 5.56 Å². The highest BCUT2D eigenvalue weighted by Gasteiger charge is 2.14. The van der Waals surface area contributed by atoms with Crippen LogP contribution in [0.2, 0.25) is 0 Å². The fourth-order valence-corrected chi connectivity index (χ4v) is 4.41. The monoisotopic (exact) mass is 448 g/mol. The average Bonchev–Trinajstić information content (AvgIpc) is 3.32. The third-order valence-corrected chi connectivity index (χ3v) is 5.91. The third kappa shape index (κ3) is 3.34. The zero-order valence-corrected chi connectivity index (χ0v) is 16.9. The lowest BCUT2D eigenvalue weighted by Gasteiger charge is -2.10. The van der Waals surface area contributed by atoms with E-state index in [1.54, 1.807) is 22.0 Å². The van der Waals surface area contributed by atoms with Crippen LogP contribution in [0.15, 0.2) is 54.0 Å². The Morgan fingerprint density at radius 2 is 2.19 bits per heavy atom. The molecule has 0 radical (unpaired) electrons. The predicted molar refractivity (Wildman–Crippen MR) is 107 cm³/mol. The van der Waals surface area contributed by atoms with Gasteiger partial charge in [-0.3, -0.25) is 9.36 Å². The molecule has 26 heavy (non-hydrogen) atoms. The maximum Gasteiger partial charge on any atom is 0.262 e. The lowest BCUT2D eigenvalue weighted by atomic mass is 10.2. The van der Waals surface area contributed by atoms with Crippen molar-refractivity contribution in [2.45, 2.75) is 24.4 Å². The van der Waals surface area contributed by atoms with E-state index in [2.05, 4.69) is 31.1 Å². The first-order valence-corrected chi connectivity index (χ1v) is 10.6. The molecule has 0 aliphatic heterocycles. The van der Waals surface area contributed by atoms with Crippen molar-refractivity contribution in [2.75, 3.05) is 0 Å². The quantitative estimate of drug-likeness (QED) is 0.328. The molecule has 9 heteroatoms. The highest BCUT2D eigenvalue weighted by atomic mass is 79.9. The maximum absolute atomic E-state index is 12.7. The first kappa shape index (κ1) is 17.4. The second-order valence-corrected chi connectivity index (χ2v) is 8.06. The van der Waals surface area contributed by atoms with Crippen LogP contribution in [0.4, 0.5) is 0 Å². The Labute approximate surface area is 165 Å². The minimum atomic E-state index is -0.0502. The molecule has 0 aliphatic carbocycles. The molecule has 0 N–H and O–H groups in total. The summed E-state index contributed by atoms with van der Waals surface area (Å²) in [5.41, 5.74) is 1.57. The van der Waals surface area contributed by atoms with Crippen molar-refractivity contribution in [2.24, 2.45) is 0 Å². The minimum absolute atomic E-state index is 0.0502. The van der Waals surface area contributed by atoms with E-state index in [1.807, 2.05) is 35.9 Å². The Bertz CT molecular complexity index is 1120. The lowest BCUT2D eigenvalue weighted by molar-refractivity contribution is 0.391.